The van der Waals surface area contributed by atoms with Gasteiger partial charge in [0.05, 0.1) is 0 Å². The highest BCUT2D eigenvalue weighted by molar-refractivity contribution is 5.90. The fourth-order valence-electron chi connectivity index (χ4n) is 2.71. The van der Waals surface area contributed by atoms with E-state index in [1.165, 1.54) is 5.56 Å². The molecule has 4 aromatic rings. The molecule has 0 fully saturated rings. The third kappa shape index (κ3) is 4.70. The molecular formula is C23H23N3O. The van der Waals surface area contributed by atoms with Crippen molar-refractivity contribution in [3.8, 4) is 5.75 Å². The van der Waals surface area contributed by atoms with E-state index in [0.29, 0.717) is 5.69 Å². The number of hydrogen-bond acceptors (Lipinski definition) is 4. The van der Waals surface area contributed by atoms with Gasteiger partial charge in [0.25, 0.3) is 0 Å². The number of phenols is 1. The van der Waals surface area contributed by atoms with Gasteiger partial charge in [-0.1, -0.05) is 36.4 Å². The van der Waals surface area contributed by atoms with Crippen LogP contribution < -0.4 is 16.8 Å². The van der Waals surface area contributed by atoms with E-state index >= 15 is 0 Å². The number of anilines is 4. The van der Waals surface area contributed by atoms with Gasteiger partial charge in [0, 0.05) is 28.1 Å². The highest BCUT2D eigenvalue weighted by atomic mass is 16.3. The minimum Gasteiger partial charge on any atom is -0.507 e. The molecule has 4 heteroatoms. The van der Waals surface area contributed by atoms with E-state index in [4.69, 9.17) is 11.5 Å². The van der Waals surface area contributed by atoms with Crippen molar-refractivity contribution < 1.29 is 5.11 Å². The van der Waals surface area contributed by atoms with Crippen LogP contribution >= 0.6 is 0 Å². The van der Waals surface area contributed by atoms with Crippen LogP contribution in [0.3, 0.4) is 0 Å². The van der Waals surface area contributed by atoms with E-state index in [0.717, 1.165) is 27.8 Å². The van der Waals surface area contributed by atoms with Gasteiger partial charge < -0.3 is 21.9 Å². The van der Waals surface area contributed by atoms with Gasteiger partial charge in [-0.3, -0.25) is 0 Å². The zero-order chi connectivity index (χ0) is 19.2. The molecule has 4 aromatic carbocycles. The molecule has 6 N–H and O–H groups in total. The van der Waals surface area contributed by atoms with Crippen molar-refractivity contribution in [1.82, 2.24) is 0 Å². The van der Waals surface area contributed by atoms with Gasteiger partial charge in [-0.05, 0) is 66.4 Å². The van der Waals surface area contributed by atoms with Gasteiger partial charge in [0.2, 0.25) is 0 Å². The summed E-state index contributed by atoms with van der Waals surface area (Å²) >= 11 is 0. The van der Waals surface area contributed by atoms with Crippen molar-refractivity contribution in [2.75, 3.05) is 16.8 Å². The molecule has 0 saturated heterocycles. The van der Waals surface area contributed by atoms with Gasteiger partial charge in [0.1, 0.15) is 5.75 Å². The summed E-state index contributed by atoms with van der Waals surface area (Å²) in [7, 11) is 0. The second-order valence-electron chi connectivity index (χ2n) is 6.32. The molecule has 0 unspecified atom stereocenters. The molecule has 27 heavy (non-hydrogen) atoms. The molecule has 0 spiro atoms. The summed E-state index contributed by atoms with van der Waals surface area (Å²) in [6, 6.07) is 26.8. The van der Waals surface area contributed by atoms with Crippen molar-refractivity contribution >= 4 is 33.5 Å². The Labute approximate surface area is 159 Å². The van der Waals surface area contributed by atoms with Gasteiger partial charge in [0.15, 0.2) is 0 Å². The number of rotatable bonds is 2. The van der Waals surface area contributed by atoms with E-state index in [9.17, 15) is 5.11 Å². The lowest BCUT2D eigenvalue weighted by Crippen LogP contribution is -1.93. The van der Waals surface area contributed by atoms with Crippen molar-refractivity contribution in [2.24, 2.45) is 0 Å². The SMILES string of the molecule is Cc1ccccc1Nc1ccc(N)cc1.Nc1ccc2cccc(O)c2c1. The van der Waals surface area contributed by atoms with Crippen LogP contribution in [0.2, 0.25) is 0 Å². The smallest absolute Gasteiger partial charge is 0.123 e. The summed E-state index contributed by atoms with van der Waals surface area (Å²) in [6.45, 7) is 2.08. The summed E-state index contributed by atoms with van der Waals surface area (Å²) in [5.41, 5.74) is 16.1. The minimum absolute atomic E-state index is 0.278. The lowest BCUT2D eigenvalue weighted by molar-refractivity contribution is 0.481. The summed E-state index contributed by atoms with van der Waals surface area (Å²) in [6.07, 6.45) is 0. The molecule has 0 aliphatic carbocycles. The van der Waals surface area contributed by atoms with E-state index in [2.05, 4.69) is 24.4 Å². The Morgan fingerprint density at radius 2 is 1.44 bits per heavy atom. The molecular weight excluding hydrogens is 334 g/mol. The van der Waals surface area contributed by atoms with Crippen LogP contribution in [0, 0.1) is 6.92 Å². The number of nitrogens with one attached hydrogen (secondary N) is 1. The van der Waals surface area contributed by atoms with Crippen LogP contribution in [0.5, 0.6) is 5.75 Å². The van der Waals surface area contributed by atoms with E-state index in [-0.39, 0.29) is 5.75 Å². The highest BCUT2D eigenvalue weighted by Gasteiger charge is 1.98. The first-order valence-electron chi connectivity index (χ1n) is 8.68. The van der Waals surface area contributed by atoms with Crippen molar-refractivity contribution in [2.45, 2.75) is 6.92 Å². The number of phenolic OH excluding ortho intramolecular Hbond substituents is 1. The van der Waals surface area contributed by atoms with Gasteiger partial charge >= 0.3 is 0 Å². The molecule has 0 atom stereocenters. The molecule has 0 heterocycles. The minimum atomic E-state index is 0.278. The molecule has 0 saturated carbocycles. The number of para-hydroxylation sites is 1. The fraction of sp³-hybridized carbons (Fsp3) is 0.0435. The first-order valence-corrected chi connectivity index (χ1v) is 8.68. The molecule has 4 rings (SSSR count). The quantitative estimate of drug-likeness (QED) is 0.360. The highest BCUT2D eigenvalue weighted by Crippen LogP contribution is 2.25. The normalized spacial score (nSPS) is 10.1. The van der Waals surface area contributed by atoms with Crippen LogP contribution in [0.15, 0.2) is 84.9 Å². The van der Waals surface area contributed by atoms with Gasteiger partial charge in [-0.25, -0.2) is 0 Å². The summed E-state index contributed by atoms with van der Waals surface area (Å²) in [5, 5.41) is 14.6. The molecule has 0 amide bonds. The van der Waals surface area contributed by atoms with Crippen LogP contribution in [0.4, 0.5) is 22.7 Å². The zero-order valence-corrected chi connectivity index (χ0v) is 15.2. The van der Waals surface area contributed by atoms with Crippen LogP contribution in [0.1, 0.15) is 5.56 Å². The van der Waals surface area contributed by atoms with Crippen molar-refractivity contribution in [1.29, 1.82) is 0 Å². The number of fused-ring (bicyclic) bond motifs is 1. The molecule has 0 radical (unpaired) electrons. The largest absolute Gasteiger partial charge is 0.507 e. The first kappa shape index (κ1) is 18.1. The first-order chi connectivity index (χ1) is 13.0. The molecule has 136 valence electrons. The van der Waals surface area contributed by atoms with E-state index in [1.54, 1.807) is 12.1 Å². The number of benzene rings is 4. The Balaban J connectivity index is 0.000000159. The maximum Gasteiger partial charge on any atom is 0.123 e. The summed E-state index contributed by atoms with van der Waals surface area (Å²) in [4.78, 5) is 0. The van der Waals surface area contributed by atoms with Crippen LogP contribution in [0.25, 0.3) is 10.8 Å². The van der Waals surface area contributed by atoms with Gasteiger partial charge in [-0.2, -0.15) is 0 Å². The Bertz CT molecular complexity index is 1040. The average molecular weight is 357 g/mol. The Hall–Kier alpha value is -3.66. The van der Waals surface area contributed by atoms with Crippen LogP contribution in [-0.4, -0.2) is 5.11 Å². The van der Waals surface area contributed by atoms with Gasteiger partial charge in [-0.15, -0.1) is 0 Å². The lowest BCUT2D eigenvalue weighted by Gasteiger charge is -2.09. The number of aromatic hydroxyl groups is 1. The molecule has 0 bridgehead atoms. The summed E-state index contributed by atoms with van der Waals surface area (Å²) < 4.78 is 0. The van der Waals surface area contributed by atoms with E-state index < -0.39 is 0 Å². The fourth-order valence-corrected chi connectivity index (χ4v) is 2.71. The van der Waals surface area contributed by atoms with E-state index in [1.807, 2.05) is 60.7 Å². The monoisotopic (exact) mass is 357 g/mol. The third-order valence-electron chi connectivity index (χ3n) is 4.22. The number of nitrogens with two attached hydrogens (primary N) is 2. The number of hydrogen-bond donors (Lipinski definition) is 4. The maximum absolute atomic E-state index is 9.44. The standard InChI is InChI=1S/C13H14N2.C10H9NO/c1-10-4-2-3-5-13(10)15-12-8-6-11(14)7-9-12;11-8-5-4-7-2-1-3-10(12)9(7)6-8/h2-9,15H,14H2,1H3;1-6,12H,11H2. The summed E-state index contributed by atoms with van der Waals surface area (Å²) in [5.74, 6) is 0.278. The Morgan fingerprint density at radius 3 is 2.19 bits per heavy atom. The Morgan fingerprint density at radius 1 is 0.741 bits per heavy atom. The topological polar surface area (TPSA) is 84.3 Å². The lowest BCUT2D eigenvalue weighted by atomic mass is 10.1. The predicted octanol–water partition coefficient (Wildman–Crippen LogP) is 5.45. The Kier molecular flexibility index (Phi) is 5.47. The molecule has 0 aliphatic heterocycles. The average Bonchev–Trinajstić information content (AvgIpc) is 2.67. The third-order valence-corrected chi connectivity index (χ3v) is 4.22. The second kappa shape index (κ2) is 8.15. The molecule has 4 nitrogen and oxygen atoms in total. The van der Waals surface area contributed by atoms with Crippen molar-refractivity contribution in [3.05, 3.63) is 90.5 Å². The molecule has 0 aliphatic rings. The number of nitrogen functional groups attached to an aromatic ring is 2. The predicted molar refractivity (Wildman–Crippen MR) is 115 cm³/mol. The molecule has 0 aromatic heterocycles. The number of aryl methyl sites for hydroxylation is 1. The maximum atomic E-state index is 9.44. The second-order valence-corrected chi connectivity index (χ2v) is 6.32. The van der Waals surface area contributed by atoms with Crippen LogP contribution in [-0.2, 0) is 0 Å². The van der Waals surface area contributed by atoms with Crippen molar-refractivity contribution in [3.63, 3.8) is 0 Å². The zero-order valence-electron chi connectivity index (χ0n) is 15.2.